The van der Waals surface area contributed by atoms with E-state index in [0.717, 1.165) is 16.7 Å². The van der Waals surface area contributed by atoms with Gasteiger partial charge in [-0.3, -0.25) is 19.3 Å². The van der Waals surface area contributed by atoms with E-state index in [1.54, 1.807) is 12.3 Å². The predicted octanol–water partition coefficient (Wildman–Crippen LogP) is 0.382. The van der Waals surface area contributed by atoms with Crippen molar-refractivity contribution in [1.82, 2.24) is 20.4 Å². The molecule has 0 aromatic carbocycles. The number of nitriles is 1. The summed E-state index contributed by atoms with van der Waals surface area (Å²) in [5.41, 5.74) is 0.422. The van der Waals surface area contributed by atoms with E-state index in [4.69, 9.17) is 9.68 Å². The number of hydrogen-bond acceptors (Lipinski definition) is 11. The van der Waals surface area contributed by atoms with Crippen molar-refractivity contribution >= 4 is 58.9 Å². The number of fused-ring (bicyclic) bond motifs is 1. The summed E-state index contributed by atoms with van der Waals surface area (Å²) in [6.45, 7) is 1.64. The maximum atomic E-state index is 12.5. The van der Waals surface area contributed by atoms with Gasteiger partial charge in [0, 0.05) is 18.4 Å². The summed E-state index contributed by atoms with van der Waals surface area (Å²) < 4.78 is 5.26. The van der Waals surface area contributed by atoms with Crippen molar-refractivity contribution in [1.29, 1.82) is 5.26 Å². The van der Waals surface area contributed by atoms with Gasteiger partial charge in [-0.25, -0.2) is 4.79 Å². The van der Waals surface area contributed by atoms with Crippen molar-refractivity contribution in [2.75, 3.05) is 17.3 Å². The molecule has 1 unspecified atom stereocenters. The molecule has 11 nitrogen and oxygen atoms in total. The minimum Gasteiger partial charge on any atom is -0.477 e. The maximum absolute atomic E-state index is 12.5. The number of carbonyl (C=O) groups excluding carboxylic acids is 3. The van der Waals surface area contributed by atoms with Crippen molar-refractivity contribution in [3.8, 4) is 5.40 Å². The summed E-state index contributed by atoms with van der Waals surface area (Å²) in [5, 5.41) is 29.6. The molecule has 30 heavy (non-hydrogen) atoms. The third-order valence-electron chi connectivity index (χ3n) is 4.10. The van der Waals surface area contributed by atoms with Gasteiger partial charge < -0.3 is 14.8 Å². The molecular weight excluding hydrogens is 454 g/mol. The van der Waals surface area contributed by atoms with E-state index in [9.17, 15) is 24.3 Å². The molecule has 14 heteroatoms. The summed E-state index contributed by atoms with van der Waals surface area (Å²) >= 11 is 3.24. The first-order chi connectivity index (χ1) is 14.3. The number of thiocyanates is 1. The van der Waals surface area contributed by atoms with Gasteiger partial charge in [0.25, 0.3) is 11.1 Å². The highest BCUT2D eigenvalue weighted by atomic mass is 32.2. The van der Waals surface area contributed by atoms with E-state index in [1.807, 2.05) is 0 Å². The summed E-state index contributed by atoms with van der Waals surface area (Å²) in [7, 11) is 0. The molecule has 1 aromatic heterocycles. The highest BCUT2D eigenvalue weighted by molar-refractivity contribution is 8.04. The molecule has 2 atom stereocenters. The number of β-lactam (4-membered cyclic amide) rings is 1. The molecular formula is C16H15N5O6S3. The first-order valence-electron chi connectivity index (χ1n) is 8.46. The Morgan fingerprint density at radius 3 is 2.83 bits per heavy atom. The number of aromatic nitrogens is 2. The highest BCUT2D eigenvalue weighted by Gasteiger charge is 2.54. The van der Waals surface area contributed by atoms with Crippen LogP contribution in [0.2, 0.25) is 0 Å². The van der Waals surface area contributed by atoms with Crippen LogP contribution in [-0.2, 0) is 19.2 Å². The van der Waals surface area contributed by atoms with Crippen LogP contribution in [0.3, 0.4) is 0 Å². The fraction of sp³-hybridized carbons (Fsp3) is 0.438. The Morgan fingerprint density at radius 2 is 2.20 bits per heavy atom. The molecule has 1 fully saturated rings. The minimum absolute atomic E-state index is 0.112. The third kappa shape index (κ3) is 4.79. The van der Waals surface area contributed by atoms with Crippen molar-refractivity contribution in [2.45, 2.75) is 30.0 Å². The smallest absolute Gasteiger partial charge is 0.352 e. The van der Waals surface area contributed by atoms with Crippen LogP contribution >= 0.6 is 35.3 Å². The van der Waals surface area contributed by atoms with Gasteiger partial charge in [-0.1, -0.05) is 11.8 Å². The molecule has 3 heterocycles. The SMILES string of the molecule is Cc1nnc(SCC2=C(C(=O)O)N3C(=O)C(NC(=O)CC(=O)CSC#N)[C@H]3SC2)o1. The Morgan fingerprint density at radius 1 is 1.43 bits per heavy atom. The molecule has 158 valence electrons. The number of ketones is 1. The normalized spacial score (nSPS) is 20.3. The number of carboxylic acids is 1. The van der Waals surface area contributed by atoms with Crippen molar-refractivity contribution in [3.63, 3.8) is 0 Å². The van der Waals surface area contributed by atoms with Crippen LogP contribution in [0.5, 0.6) is 0 Å². The molecule has 2 aliphatic rings. The van der Waals surface area contributed by atoms with E-state index >= 15 is 0 Å². The number of hydrogen-bond donors (Lipinski definition) is 2. The first-order valence-corrected chi connectivity index (χ1v) is 11.5. The molecule has 0 bridgehead atoms. The molecule has 2 amide bonds. The minimum atomic E-state index is -1.24. The fourth-order valence-corrected chi connectivity index (χ4v) is 5.46. The van der Waals surface area contributed by atoms with Crippen LogP contribution in [-0.4, -0.2) is 72.4 Å². The van der Waals surface area contributed by atoms with Gasteiger partial charge in [0.05, 0.1) is 12.2 Å². The Bertz CT molecular complexity index is 971. The Hall–Kier alpha value is -2.50. The second-order valence-corrected chi connectivity index (χ2v) is 8.97. The average molecular weight is 470 g/mol. The topological polar surface area (TPSA) is 166 Å². The fourth-order valence-electron chi connectivity index (χ4n) is 2.85. The Kier molecular flexibility index (Phi) is 7.06. The molecule has 2 N–H and O–H groups in total. The molecule has 2 aliphatic heterocycles. The van der Waals surface area contributed by atoms with Gasteiger partial charge in [-0.2, -0.15) is 5.26 Å². The van der Waals surface area contributed by atoms with Gasteiger partial charge in [0.2, 0.25) is 11.8 Å². The van der Waals surface area contributed by atoms with Crippen LogP contribution in [0, 0.1) is 17.6 Å². The maximum Gasteiger partial charge on any atom is 0.352 e. The Labute approximate surface area is 183 Å². The second kappa shape index (κ2) is 9.54. The van der Waals surface area contributed by atoms with Crippen molar-refractivity contribution in [3.05, 3.63) is 17.2 Å². The molecule has 0 aliphatic carbocycles. The summed E-state index contributed by atoms with van der Waals surface area (Å²) in [4.78, 5) is 49.1. The zero-order valence-electron chi connectivity index (χ0n) is 15.5. The third-order valence-corrected chi connectivity index (χ3v) is 6.94. The van der Waals surface area contributed by atoms with E-state index in [1.165, 1.54) is 23.5 Å². The summed E-state index contributed by atoms with van der Waals surface area (Å²) in [6.07, 6.45) is -0.442. The molecule has 0 spiro atoms. The van der Waals surface area contributed by atoms with Crippen molar-refractivity contribution in [2.24, 2.45) is 0 Å². The lowest BCUT2D eigenvalue weighted by atomic mass is 10.0. The van der Waals surface area contributed by atoms with E-state index in [0.29, 0.717) is 22.4 Å². The number of nitrogens with one attached hydrogen (secondary N) is 1. The van der Waals surface area contributed by atoms with E-state index in [2.05, 4.69) is 15.5 Å². The molecule has 3 rings (SSSR count). The summed E-state index contributed by atoms with van der Waals surface area (Å²) in [6, 6.07) is -0.902. The van der Waals surface area contributed by atoms with Crippen LogP contribution in [0.15, 0.2) is 20.9 Å². The number of Topliss-reactive ketones (excluding diaryl/α,β-unsaturated/α-hetero) is 1. The standard InChI is InChI=1S/C16H15N5O6S3/c1-7-19-20-16(27-7)30-4-8-3-29-14-11(13(24)21(14)12(8)15(25)26)18-10(23)2-9(22)5-28-6-17/h11,14H,2-5H2,1H3,(H,18,23)(H,25,26)/t11?,14-/m1/s1. The van der Waals surface area contributed by atoms with Gasteiger partial charge in [0.15, 0.2) is 5.78 Å². The average Bonchev–Trinajstić information content (AvgIpc) is 3.13. The number of carbonyl (C=O) groups is 4. The lowest BCUT2D eigenvalue weighted by Gasteiger charge is -2.49. The van der Waals surface area contributed by atoms with Gasteiger partial charge in [0.1, 0.15) is 22.5 Å². The van der Waals surface area contributed by atoms with E-state index in [-0.39, 0.29) is 17.2 Å². The van der Waals surface area contributed by atoms with Crippen LogP contribution in [0.25, 0.3) is 0 Å². The molecule has 0 saturated carbocycles. The number of rotatable bonds is 9. The lowest BCUT2D eigenvalue weighted by molar-refractivity contribution is -0.150. The zero-order valence-corrected chi connectivity index (χ0v) is 17.9. The van der Waals surface area contributed by atoms with Gasteiger partial charge in [-0.15, -0.1) is 22.0 Å². The Balaban J connectivity index is 1.64. The van der Waals surface area contributed by atoms with E-state index < -0.39 is 41.4 Å². The van der Waals surface area contributed by atoms with Gasteiger partial charge >= 0.3 is 5.97 Å². The second-order valence-electron chi connectivity index (χ2n) is 6.18. The van der Waals surface area contributed by atoms with Crippen LogP contribution in [0.4, 0.5) is 0 Å². The predicted molar refractivity (Wildman–Crippen MR) is 107 cm³/mol. The monoisotopic (exact) mass is 469 g/mol. The lowest BCUT2D eigenvalue weighted by Crippen LogP contribution is -2.70. The quantitative estimate of drug-likeness (QED) is 0.221. The number of carboxylic acid groups (broad SMARTS) is 1. The number of amides is 2. The molecule has 1 saturated heterocycles. The van der Waals surface area contributed by atoms with Crippen LogP contribution in [0.1, 0.15) is 12.3 Å². The zero-order chi connectivity index (χ0) is 21.8. The first kappa shape index (κ1) is 22.2. The van der Waals surface area contributed by atoms with Crippen molar-refractivity contribution < 1.29 is 28.7 Å². The number of aliphatic carboxylic acids is 1. The number of thioether (sulfide) groups is 3. The molecule has 1 aromatic rings. The van der Waals surface area contributed by atoms with Crippen LogP contribution < -0.4 is 5.32 Å². The number of aryl methyl sites for hydroxylation is 1. The summed E-state index contributed by atoms with van der Waals surface area (Å²) in [5.74, 6) is -1.96. The molecule has 0 radical (unpaired) electrons. The largest absolute Gasteiger partial charge is 0.477 e. The number of nitrogens with zero attached hydrogens (tertiary/aromatic N) is 4. The highest BCUT2D eigenvalue weighted by Crippen LogP contribution is 2.41. The van der Waals surface area contributed by atoms with Gasteiger partial charge in [-0.05, 0) is 17.3 Å².